The summed E-state index contributed by atoms with van der Waals surface area (Å²) < 4.78 is 0. The largest absolute Gasteiger partial charge is 0.316 e. The maximum atomic E-state index is 3.59. The van der Waals surface area contributed by atoms with Crippen molar-refractivity contribution >= 4 is 0 Å². The molecule has 1 heterocycles. The van der Waals surface area contributed by atoms with Crippen LogP contribution in [0.2, 0.25) is 0 Å². The summed E-state index contributed by atoms with van der Waals surface area (Å²) in [5.41, 5.74) is 0.591. The number of rotatable bonds is 6. The Morgan fingerprint density at radius 3 is 2.53 bits per heavy atom. The molecule has 0 aromatic carbocycles. The van der Waals surface area contributed by atoms with E-state index < -0.39 is 0 Å². The summed E-state index contributed by atoms with van der Waals surface area (Å²) in [6.07, 6.45) is 9.95. The fourth-order valence-electron chi connectivity index (χ4n) is 3.95. The molecule has 1 N–H and O–H groups in total. The highest BCUT2D eigenvalue weighted by Gasteiger charge is 2.36. The zero-order valence-corrected chi connectivity index (χ0v) is 11.8. The zero-order valence-electron chi connectivity index (χ0n) is 11.8. The van der Waals surface area contributed by atoms with E-state index in [-0.39, 0.29) is 0 Å². The van der Waals surface area contributed by atoms with Gasteiger partial charge >= 0.3 is 0 Å². The average Bonchev–Trinajstić information content (AvgIpc) is 2.97. The van der Waals surface area contributed by atoms with Gasteiger partial charge in [-0.2, -0.15) is 0 Å². The first kappa shape index (κ1) is 13.4. The minimum Gasteiger partial charge on any atom is -0.316 e. The Hall–Kier alpha value is -0.0800. The molecule has 0 aromatic rings. The summed E-state index contributed by atoms with van der Waals surface area (Å²) in [5.74, 6) is 0. The molecule has 0 spiro atoms. The molecule has 0 radical (unpaired) electrons. The average molecular weight is 238 g/mol. The molecule has 17 heavy (non-hydrogen) atoms. The van der Waals surface area contributed by atoms with Gasteiger partial charge in [-0.25, -0.2) is 0 Å². The monoisotopic (exact) mass is 238 g/mol. The van der Waals surface area contributed by atoms with E-state index in [1.165, 1.54) is 71.1 Å². The van der Waals surface area contributed by atoms with Crippen molar-refractivity contribution in [1.29, 1.82) is 0 Å². The van der Waals surface area contributed by atoms with E-state index >= 15 is 0 Å². The second-order valence-corrected chi connectivity index (χ2v) is 6.18. The molecular formula is C15H30N2. The Morgan fingerprint density at radius 2 is 2.00 bits per heavy atom. The Kier molecular flexibility index (Phi) is 4.87. The molecule has 1 atom stereocenters. The first-order valence-corrected chi connectivity index (χ1v) is 7.74. The van der Waals surface area contributed by atoms with E-state index in [4.69, 9.17) is 0 Å². The smallest absolute Gasteiger partial charge is 0.00953 e. The van der Waals surface area contributed by atoms with E-state index in [0.29, 0.717) is 5.41 Å². The van der Waals surface area contributed by atoms with Crippen LogP contribution in [-0.2, 0) is 0 Å². The van der Waals surface area contributed by atoms with Crippen molar-refractivity contribution < 1.29 is 0 Å². The minimum absolute atomic E-state index is 0.591. The van der Waals surface area contributed by atoms with Crippen LogP contribution in [0.25, 0.3) is 0 Å². The lowest BCUT2D eigenvalue weighted by atomic mass is 9.81. The van der Waals surface area contributed by atoms with Crippen molar-refractivity contribution in [2.45, 2.75) is 64.8 Å². The van der Waals surface area contributed by atoms with Crippen LogP contribution in [0.5, 0.6) is 0 Å². The number of hydrogen-bond donors (Lipinski definition) is 1. The topological polar surface area (TPSA) is 15.3 Å². The third kappa shape index (κ3) is 3.23. The van der Waals surface area contributed by atoms with E-state index in [1.54, 1.807) is 0 Å². The first-order valence-electron chi connectivity index (χ1n) is 7.74. The van der Waals surface area contributed by atoms with Crippen molar-refractivity contribution in [1.82, 2.24) is 10.2 Å². The summed E-state index contributed by atoms with van der Waals surface area (Å²) in [7, 11) is 0. The van der Waals surface area contributed by atoms with Crippen LogP contribution < -0.4 is 5.32 Å². The number of hydrogen-bond acceptors (Lipinski definition) is 2. The molecule has 2 fully saturated rings. The molecule has 2 heteroatoms. The van der Waals surface area contributed by atoms with Gasteiger partial charge in [0.1, 0.15) is 0 Å². The second-order valence-electron chi connectivity index (χ2n) is 6.18. The standard InChI is InChI=1S/C15H30N2/c1-3-9-15(10-11-16-12-15)13-17(4-2)14-7-5-6-8-14/h14,16H,3-13H2,1-2H3. The van der Waals surface area contributed by atoms with Crippen LogP contribution in [0.3, 0.4) is 0 Å². The Balaban J connectivity index is 1.94. The Morgan fingerprint density at radius 1 is 1.24 bits per heavy atom. The molecule has 1 aliphatic carbocycles. The highest BCUT2D eigenvalue weighted by atomic mass is 15.2. The SMILES string of the molecule is CCCC1(CN(CC)C2CCCC2)CCNC1. The third-order valence-electron chi connectivity index (χ3n) is 4.90. The van der Waals surface area contributed by atoms with Gasteiger partial charge in [0.05, 0.1) is 0 Å². The van der Waals surface area contributed by atoms with Gasteiger partial charge < -0.3 is 10.2 Å². The Bertz CT molecular complexity index is 215. The third-order valence-corrected chi connectivity index (χ3v) is 4.90. The predicted octanol–water partition coefficient (Wildman–Crippen LogP) is 3.03. The highest BCUT2D eigenvalue weighted by molar-refractivity contribution is 4.92. The van der Waals surface area contributed by atoms with Gasteiger partial charge in [-0.15, -0.1) is 0 Å². The van der Waals surface area contributed by atoms with Crippen LogP contribution in [-0.4, -0.2) is 37.1 Å². The van der Waals surface area contributed by atoms with Gasteiger partial charge in [-0.05, 0) is 44.2 Å². The fraction of sp³-hybridized carbons (Fsp3) is 1.00. The fourth-order valence-corrected chi connectivity index (χ4v) is 3.95. The molecule has 1 saturated carbocycles. The summed E-state index contributed by atoms with van der Waals surface area (Å²) in [5, 5.41) is 3.59. The molecule has 2 nitrogen and oxygen atoms in total. The van der Waals surface area contributed by atoms with Crippen molar-refractivity contribution in [2.24, 2.45) is 5.41 Å². The summed E-state index contributed by atoms with van der Waals surface area (Å²) in [6.45, 7) is 9.77. The van der Waals surface area contributed by atoms with Gasteiger partial charge in [0, 0.05) is 19.1 Å². The van der Waals surface area contributed by atoms with Crippen molar-refractivity contribution in [3.63, 3.8) is 0 Å². The minimum atomic E-state index is 0.591. The van der Waals surface area contributed by atoms with E-state index in [0.717, 1.165) is 6.04 Å². The number of nitrogens with one attached hydrogen (secondary N) is 1. The van der Waals surface area contributed by atoms with Gasteiger partial charge in [0.15, 0.2) is 0 Å². The molecule has 2 aliphatic rings. The van der Waals surface area contributed by atoms with E-state index in [9.17, 15) is 0 Å². The van der Waals surface area contributed by atoms with Crippen molar-refractivity contribution in [2.75, 3.05) is 26.2 Å². The summed E-state index contributed by atoms with van der Waals surface area (Å²) >= 11 is 0. The van der Waals surface area contributed by atoms with E-state index in [1.807, 2.05) is 0 Å². The zero-order chi connectivity index (χ0) is 12.1. The molecule has 0 aromatic heterocycles. The molecular weight excluding hydrogens is 208 g/mol. The molecule has 2 rings (SSSR count). The lowest BCUT2D eigenvalue weighted by Crippen LogP contribution is -2.43. The van der Waals surface area contributed by atoms with Crippen molar-refractivity contribution in [3.05, 3.63) is 0 Å². The number of nitrogens with zero attached hydrogens (tertiary/aromatic N) is 1. The van der Waals surface area contributed by atoms with Crippen molar-refractivity contribution in [3.8, 4) is 0 Å². The molecule has 0 amide bonds. The van der Waals surface area contributed by atoms with Crippen LogP contribution in [0.4, 0.5) is 0 Å². The van der Waals surface area contributed by atoms with Gasteiger partial charge in [-0.1, -0.05) is 33.1 Å². The molecule has 1 aliphatic heterocycles. The van der Waals surface area contributed by atoms with Crippen LogP contribution in [0, 0.1) is 5.41 Å². The second kappa shape index (κ2) is 6.19. The normalized spacial score (nSPS) is 30.5. The van der Waals surface area contributed by atoms with Gasteiger partial charge in [0.2, 0.25) is 0 Å². The van der Waals surface area contributed by atoms with Crippen LogP contribution >= 0.6 is 0 Å². The lowest BCUT2D eigenvalue weighted by molar-refractivity contribution is 0.118. The molecule has 1 saturated heterocycles. The quantitative estimate of drug-likeness (QED) is 0.765. The first-order chi connectivity index (χ1) is 8.29. The van der Waals surface area contributed by atoms with Crippen LogP contribution in [0.1, 0.15) is 58.8 Å². The van der Waals surface area contributed by atoms with Gasteiger partial charge in [0.25, 0.3) is 0 Å². The maximum Gasteiger partial charge on any atom is 0.00953 e. The summed E-state index contributed by atoms with van der Waals surface area (Å²) in [4.78, 5) is 2.79. The van der Waals surface area contributed by atoms with Crippen LogP contribution in [0.15, 0.2) is 0 Å². The van der Waals surface area contributed by atoms with Gasteiger partial charge in [-0.3, -0.25) is 0 Å². The summed E-state index contributed by atoms with van der Waals surface area (Å²) in [6, 6.07) is 0.898. The van der Waals surface area contributed by atoms with E-state index in [2.05, 4.69) is 24.1 Å². The Labute approximate surface area is 107 Å². The maximum absolute atomic E-state index is 3.59. The molecule has 0 bridgehead atoms. The molecule has 100 valence electrons. The highest BCUT2D eigenvalue weighted by Crippen LogP contribution is 2.34. The predicted molar refractivity (Wildman–Crippen MR) is 74.3 cm³/mol. The lowest BCUT2D eigenvalue weighted by Gasteiger charge is -2.37. The molecule has 1 unspecified atom stereocenters.